The van der Waals surface area contributed by atoms with Gasteiger partial charge in [-0.3, -0.25) is 4.79 Å². The van der Waals surface area contributed by atoms with Crippen LogP contribution in [0.2, 0.25) is 0 Å². The van der Waals surface area contributed by atoms with Gasteiger partial charge in [-0.15, -0.1) is 0 Å². The predicted molar refractivity (Wildman–Crippen MR) is 81.6 cm³/mol. The molecule has 0 aliphatic rings. The second kappa shape index (κ2) is 6.39. The van der Waals surface area contributed by atoms with Gasteiger partial charge in [0.1, 0.15) is 23.0 Å². The number of rotatable bonds is 5. The number of ether oxygens (including phenoxy) is 1. The Bertz CT molecular complexity index is 691. The lowest BCUT2D eigenvalue weighted by Crippen LogP contribution is -2.06. The first kappa shape index (κ1) is 15.7. The van der Waals surface area contributed by atoms with Gasteiger partial charge in [-0.1, -0.05) is 13.8 Å². The van der Waals surface area contributed by atoms with Gasteiger partial charge in [0.05, 0.1) is 17.7 Å². The molecule has 0 spiro atoms. The van der Waals surface area contributed by atoms with E-state index in [0.717, 1.165) is 6.07 Å². The number of hydrogen-bond donors (Lipinski definition) is 3. The number of benzene rings is 2. The van der Waals surface area contributed by atoms with Crippen molar-refractivity contribution in [3.8, 4) is 23.0 Å². The molecule has 0 saturated heterocycles. The molecule has 5 heteroatoms. The summed E-state index contributed by atoms with van der Waals surface area (Å²) in [6, 6.07) is 8.07. The molecule has 0 atom stereocenters. The van der Waals surface area contributed by atoms with Gasteiger partial charge in [-0.25, -0.2) is 0 Å². The van der Waals surface area contributed by atoms with Gasteiger partial charge >= 0.3 is 0 Å². The van der Waals surface area contributed by atoms with E-state index in [-0.39, 0.29) is 28.4 Å². The summed E-state index contributed by atoms with van der Waals surface area (Å²) in [6.45, 7) is 4.52. The Morgan fingerprint density at radius 3 is 2.14 bits per heavy atom. The maximum Gasteiger partial charge on any atom is 0.200 e. The van der Waals surface area contributed by atoms with Crippen LogP contribution in [0.3, 0.4) is 0 Å². The quantitative estimate of drug-likeness (QED) is 0.739. The average molecular weight is 302 g/mol. The van der Waals surface area contributed by atoms with Crippen LogP contribution < -0.4 is 4.74 Å². The normalized spacial score (nSPS) is 10.7. The summed E-state index contributed by atoms with van der Waals surface area (Å²) >= 11 is 0. The Kier molecular flexibility index (Phi) is 4.56. The highest BCUT2D eigenvalue weighted by Crippen LogP contribution is 2.30. The summed E-state index contributed by atoms with van der Waals surface area (Å²) in [4.78, 5) is 12.3. The van der Waals surface area contributed by atoms with Gasteiger partial charge in [0.2, 0.25) is 0 Å². The molecule has 0 heterocycles. The first-order valence-electron chi connectivity index (χ1n) is 6.91. The third-order valence-corrected chi connectivity index (χ3v) is 3.02. The number of aromatic hydroxyl groups is 3. The van der Waals surface area contributed by atoms with Crippen molar-refractivity contribution in [3.05, 3.63) is 47.5 Å². The third kappa shape index (κ3) is 3.49. The summed E-state index contributed by atoms with van der Waals surface area (Å²) in [7, 11) is 0. The largest absolute Gasteiger partial charge is 0.508 e. The maximum atomic E-state index is 12.3. The predicted octanol–water partition coefficient (Wildman–Crippen LogP) is 3.07. The Morgan fingerprint density at radius 1 is 1.00 bits per heavy atom. The van der Waals surface area contributed by atoms with Crippen LogP contribution in [0.4, 0.5) is 0 Å². The highest BCUT2D eigenvalue weighted by atomic mass is 16.5. The Hall–Kier alpha value is -2.69. The molecule has 0 radical (unpaired) electrons. The molecule has 0 aliphatic heterocycles. The van der Waals surface area contributed by atoms with Crippen LogP contribution in [0.15, 0.2) is 36.4 Å². The molecule has 2 aromatic carbocycles. The second-order valence-electron chi connectivity index (χ2n) is 5.41. The van der Waals surface area contributed by atoms with Crippen LogP contribution in [-0.4, -0.2) is 27.7 Å². The van der Waals surface area contributed by atoms with Crippen molar-refractivity contribution >= 4 is 5.78 Å². The van der Waals surface area contributed by atoms with E-state index in [0.29, 0.717) is 18.3 Å². The first-order valence-corrected chi connectivity index (χ1v) is 6.91. The standard InChI is InChI=1S/C17H18O5/c1-10(2)9-22-12-4-6-14(16(20)8-12)17(21)13-5-3-11(18)7-15(13)19/h3-8,10,18-20H,9H2,1-2H3. The molecular weight excluding hydrogens is 284 g/mol. The highest BCUT2D eigenvalue weighted by Gasteiger charge is 2.18. The minimum absolute atomic E-state index is 0.00366. The monoisotopic (exact) mass is 302 g/mol. The lowest BCUT2D eigenvalue weighted by molar-refractivity contribution is 0.103. The number of carbonyl (C=O) groups is 1. The van der Waals surface area contributed by atoms with Crippen molar-refractivity contribution in [1.29, 1.82) is 0 Å². The molecule has 0 bridgehead atoms. The number of phenols is 3. The molecular formula is C17H18O5. The van der Waals surface area contributed by atoms with Crippen LogP contribution in [0, 0.1) is 5.92 Å². The molecule has 0 amide bonds. The Morgan fingerprint density at radius 2 is 1.59 bits per heavy atom. The zero-order chi connectivity index (χ0) is 16.3. The van der Waals surface area contributed by atoms with Crippen LogP contribution >= 0.6 is 0 Å². The van der Waals surface area contributed by atoms with Gasteiger partial charge < -0.3 is 20.1 Å². The fourth-order valence-electron chi connectivity index (χ4n) is 1.91. The molecule has 0 unspecified atom stereocenters. The van der Waals surface area contributed by atoms with Crippen molar-refractivity contribution in [3.63, 3.8) is 0 Å². The highest BCUT2D eigenvalue weighted by molar-refractivity contribution is 6.12. The lowest BCUT2D eigenvalue weighted by atomic mass is 10.0. The van der Waals surface area contributed by atoms with Crippen LogP contribution in [0.5, 0.6) is 23.0 Å². The van der Waals surface area contributed by atoms with Gasteiger partial charge in [0, 0.05) is 12.1 Å². The van der Waals surface area contributed by atoms with Gasteiger partial charge in [-0.2, -0.15) is 0 Å². The van der Waals surface area contributed by atoms with Crippen LogP contribution in [-0.2, 0) is 0 Å². The Balaban J connectivity index is 2.26. The molecule has 5 nitrogen and oxygen atoms in total. The van der Waals surface area contributed by atoms with Gasteiger partial charge in [0.25, 0.3) is 0 Å². The summed E-state index contributed by atoms with van der Waals surface area (Å²) < 4.78 is 5.47. The second-order valence-corrected chi connectivity index (χ2v) is 5.41. The van der Waals surface area contributed by atoms with Crippen molar-refractivity contribution in [1.82, 2.24) is 0 Å². The summed E-state index contributed by atoms with van der Waals surface area (Å²) in [5.74, 6) is -0.431. The molecule has 3 N–H and O–H groups in total. The fourth-order valence-corrected chi connectivity index (χ4v) is 1.91. The van der Waals surface area contributed by atoms with Crippen molar-refractivity contribution in [2.24, 2.45) is 5.92 Å². The van der Waals surface area contributed by atoms with E-state index >= 15 is 0 Å². The van der Waals surface area contributed by atoms with Crippen molar-refractivity contribution in [2.75, 3.05) is 6.61 Å². The average Bonchev–Trinajstić information content (AvgIpc) is 2.44. The summed E-state index contributed by atoms with van der Waals surface area (Å²) in [6.07, 6.45) is 0. The minimum atomic E-state index is -0.537. The number of carbonyl (C=O) groups excluding carboxylic acids is 1. The van der Waals surface area contributed by atoms with E-state index in [4.69, 9.17) is 4.74 Å². The topological polar surface area (TPSA) is 87.0 Å². The molecule has 116 valence electrons. The summed E-state index contributed by atoms with van der Waals surface area (Å²) in [5, 5.41) is 29.0. The Labute approximate surface area is 128 Å². The van der Waals surface area contributed by atoms with Crippen molar-refractivity contribution < 1.29 is 24.9 Å². The molecule has 22 heavy (non-hydrogen) atoms. The third-order valence-electron chi connectivity index (χ3n) is 3.02. The smallest absolute Gasteiger partial charge is 0.200 e. The summed E-state index contributed by atoms with van der Waals surface area (Å²) in [5.41, 5.74) is 0.0573. The molecule has 2 aromatic rings. The zero-order valence-corrected chi connectivity index (χ0v) is 12.4. The van der Waals surface area contributed by atoms with E-state index in [1.807, 2.05) is 13.8 Å². The van der Waals surface area contributed by atoms with E-state index in [1.54, 1.807) is 6.07 Å². The van der Waals surface area contributed by atoms with E-state index in [9.17, 15) is 20.1 Å². The van der Waals surface area contributed by atoms with Gasteiger partial charge in [-0.05, 0) is 30.2 Å². The number of phenolic OH excluding ortho intramolecular Hbond substituents is 3. The molecule has 0 aliphatic carbocycles. The molecule has 0 saturated carbocycles. The molecule has 2 rings (SSSR count). The molecule has 0 aromatic heterocycles. The van der Waals surface area contributed by atoms with E-state index in [2.05, 4.69) is 0 Å². The first-order chi connectivity index (χ1) is 10.4. The minimum Gasteiger partial charge on any atom is -0.508 e. The number of ketones is 1. The van der Waals surface area contributed by atoms with E-state index in [1.165, 1.54) is 24.3 Å². The van der Waals surface area contributed by atoms with Crippen LogP contribution in [0.1, 0.15) is 29.8 Å². The fraction of sp³-hybridized carbons (Fsp3) is 0.235. The number of hydrogen-bond acceptors (Lipinski definition) is 5. The maximum absolute atomic E-state index is 12.3. The van der Waals surface area contributed by atoms with E-state index < -0.39 is 5.78 Å². The van der Waals surface area contributed by atoms with Crippen LogP contribution in [0.25, 0.3) is 0 Å². The van der Waals surface area contributed by atoms with Crippen molar-refractivity contribution in [2.45, 2.75) is 13.8 Å². The lowest BCUT2D eigenvalue weighted by Gasteiger charge is -2.11. The SMILES string of the molecule is CC(C)COc1ccc(C(=O)c2ccc(O)cc2O)c(O)c1. The van der Waals surface area contributed by atoms with Gasteiger partial charge in [0.15, 0.2) is 5.78 Å². The molecule has 0 fully saturated rings. The zero-order valence-electron chi connectivity index (χ0n) is 12.4.